The summed E-state index contributed by atoms with van der Waals surface area (Å²) in [5.41, 5.74) is -0.483. The van der Waals surface area contributed by atoms with Gasteiger partial charge in [0, 0.05) is 0 Å². The molecular formula is C13H14O10. The third kappa shape index (κ3) is 3.19. The molecule has 10 heteroatoms. The largest absolute Gasteiger partial charge is 0.504 e. The Bertz CT molecular complexity index is 615. The van der Waals surface area contributed by atoms with Crippen molar-refractivity contribution in [3.05, 3.63) is 23.8 Å². The first kappa shape index (κ1) is 17.0. The topological polar surface area (TPSA) is 174 Å². The highest BCUT2D eigenvalue weighted by atomic mass is 16.7. The second-order valence-corrected chi connectivity index (χ2v) is 4.81. The van der Waals surface area contributed by atoms with E-state index in [9.17, 15) is 30.0 Å². The first-order valence-corrected chi connectivity index (χ1v) is 6.38. The number of aliphatic hydroxyl groups is 3. The molecule has 0 saturated carbocycles. The first-order chi connectivity index (χ1) is 10.7. The van der Waals surface area contributed by atoms with Crippen LogP contribution < -0.4 is 4.74 Å². The molecule has 0 radical (unpaired) electrons. The van der Waals surface area contributed by atoms with Crippen molar-refractivity contribution in [3.63, 3.8) is 0 Å². The van der Waals surface area contributed by atoms with Crippen molar-refractivity contribution in [2.45, 2.75) is 30.7 Å². The van der Waals surface area contributed by atoms with Gasteiger partial charge in [0.25, 0.3) is 0 Å². The van der Waals surface area contributed by atoms with Gasteiger partial charge in [0.05, 0.1) is 0 Å². The zero-order valence-corrected chi connectivity index (χ0v) is 11.4. The molecule has 1 fully saturated rings. The van der Waals surface area contributed by atoms with Gasteiger partial charge >= 0.3 is 11.9 Å². The van der Waals surface area contributed by atoms with E-state index in [-0.39, 0.29) is 0 Å². The molecular weight excluding hydrogens is 316 g/mol. The maximum atomic E-state index is 11.0. The van der Waals surface area contributed by atoms with Crippen LogP contribution in [0.1, 0.15) is 10.4 Å². The number of benzene rings is 1. The number of hydrogen-bond donors (Lipinski definition) is 6. The Kier molecular flexibility index (Phi) is 4.71. The zero-order chi connectivity index (χ0) is 17.3. The second kappa shape index (κ2) is 6.38. The summed E-state index contributed by atoms with van der Waals surface area (Å²) in [5, 5.41) is 56.6. The van der Waals surface area contributed by atoms with Gasteiger partial charge in [-0.1, -0.05) is 6.07 Å². The van der Waals surface area contributed by atoms with E-state index in [2.05, 4.69) is 0 Å². The van der Waals surface area contributed by atoms with Gasteiger partial charge in [0.2, 0.25) is 6.29 Å². The van der Waals surface area contributed by atoms with Crippen LogP contribution in [0, 0.1) is 0 Å². The third-order valence-corrected chi connectivity index (χ3v) is 3.29. The number of rotatable bonds is 4. The number of ether oxygens (including phenoxy) is 2. The lowest BCUT2D eigenvalue weighted by Gasteiger charge is -2.38. The summed E-state index contributed by atoms with van der Waals surface area (Å²) in [7, 11) is 0. The van der Waals surface area contributed by atoms with Gasteiger partial charge in [-0.3, -0.25) is 0 Å². The van der Waals surface area contributed by atoms with Gasteiger partial charge in [-0.15, -0.1) is 0 Å². The summed E-state index contributed by atoms with van der Waals surface area (Å²) >= 11 is 0. The van der Waals surface area contributed by atoms with Crippen LogP contribution in [0.15, 0.2) is 18.2 Å². The van der Waals surface area contributed by atoms with Gasteiger partial charge in [-0.2, -0.15) is 0 Å². The summed E-state index contributed by atoms with van der Waals surface area (Å²) in [4.78, 5) is 21.9. The van der Waals surface area contributed by atoms with Crippen molar-refractivity contribution in [1.29, 1.82) is 0 Å². The Morgan fingerprint density at radius 1 is 1.04 bits per heavy atom. The summed E-state index contributed by atoms with van der Waals surface area (Å²) < 4.78 is 9.93. The number of carbonyl (C=O) groups is 2. The summed E-state index contributed by atoms with van der Waals surface area (Å²) in [6.45, 7) is 0. The molecule has 2 rings (SSSR count). The molecule has 1 aromatic rings. The third-order valence-electron chi connectivity index (χ3n) is 3.29. The lowest BCUT2D eigenvalue weighted by Crippen LogP contribution is -2.61. The minimum atomic E-state index is -1.89. The Hall–Kier alpha value is -2.40. The van der Waals surface area contributed by atoms with Crippen molar-refractivity contribution in [2.24, 2.45) is 0 Å². The smallest absolute Gasteiger partial charge is 0.339 e. The van der Waals surface area contributed by atoms with E-state index in [1.165, 1.54) is 6.07 Å². The minimum absolute atomic E-state index is 0.401. The van der Waals surface area contributed by atoms with E-state index in [1.807, 2.05) is 0 Å². The number of hydrogen-bond acceptors (Lipinski definition) is 8. The molecule has 23 heavy (non-hydrogen) atoms. The number of aliphatic hydroxyl groups excluding tert-OH is 3. The summed E-state index contributed by atoms with van der Waals surface area (Å²) in [5.74, 6) is -4.19. The fraction of sp³-hybridized carbons (Fsp3) is 0.385. The quantitative estimate of drug-likeness (QED) is 0.376. The van der Waals surface area contributed by atoms with Crippen LogP contribution in [0.4, 0.5) is 0 Å². The molecule has 0 amide bonds. The zero-order valence-electron chi connectivity index (χ0n) is 11.4. The number of carboxylic acid groups (broad SMARTS) is 2. The highest BCUT2D eigenvalue weighted by Gasteiger charge is 2.48. The molecule has 5 unspecified atom stereocenters. The average Bonchev–Trinajstić information content (AvgIpc) is 2.48. The van der Waals surface area contributed by atoms with Crippen molar-refractivity contribution >= 4 is 11.9 Å². The Balaban J connectivity index is 2.27. The molecule has 126 valence electrons. The molecule has 1 heterocycles. The fourth-order valence-corrected chi connectivity index (χ4v) is 2.06. The van der Waals surface area contributed by atoms with E-state index in [0.29, 0.717) is 0 Å². The molecule has 5 atom stereocenters. The van der Waals surface area contributed by atoms with Crippen LogP contribution in [0.25, 0.3) is 0 Å². The average molecular weight is 330 g/mol. The lowest BCUT2D eigenvalue weighted by atomic mass is 9.99. The Morgan fingerprint density at radius 2 is 1.70 bits per heavy atom. The van der Waals surface area contributed by atoms with Crippen LogP contribution in [0.3, 0.4) is 0 Å². The summed E-state index contributed by atoms with van der Waals surface area (Å²) in [6, 6.07) is 3.50. The van der Waals surface area contributed by atoms with Crippen molar-refractivity contribution in [2.75, 3.05) is 0 Å². The molecule has 6 N–H and O–H groups in total. The normalized spacial score (nSPS) is 30.7. The standard InChI is InChI=1S/C13H14O10/c14-6-4(11(18)19)2-1-3-5(6)22-13-9(17)7(15)8(16)10(23-13)12(20)21/h1-3,7-10,13-17H,(H,18,19)(H,20,21). The number of aliphatic carboxylic acids is 1. The molecule has 1 aliphatic heterocycles. The highest BCUT2D eigenvalue weighted by Crippen LogP contribution is 2.33. The van der Waals surface area contributed by atoms with E-state index < -0.39 is 59.7 Å². The molecule has 0 aromatic heterocycles. The minimum Gasteiger partial charge on any atom is -0.504 e. The predicted octanol–water partition coefficient (Wildman–Crippen LogP) is -1.64. The summed E-state index contributed by atoms with van der Waals surface area (Å²) in [6.07, 6.45) is -9.21. The molecule has 1 saturated heterocycles. The van der Waals surface area contributed by atoms with Gasteiger partial charge in [-0.25, -0.2) is 9.59 Å². The van der Waals surface area contributed by atoms with Gasteiger partial charge < -0.3 is 40.1 Å². The van der Waals surface area contributed by atoms with Gasteiger partial charge in [0.1, 0.15) is 23.9 Å². The molecule has 1 aliphatic rings. The first-order valence-electron chi connectivity index (χ1n) is 6.38. The van der Waals surface area contributed by atoms with Crippen LogP contribution in [0.2, 0.25) is 0 Å². The number of para-hydroxylation sites is 1. The Labute approximate surface area is 128 Å². The lowest BCUT2D eigenvalue weighted by molar-refractivity contribution is -0.271. The van der Waals surface area contributed by atoms with Gasteiger partial charge in [0.15, 0.2) is 17.6 Å². The number of phenols is 1. The van der Waals surface area contributed by atoms with Crippen molar-refractivity contribution in [3.8, 4) is 11.5 Å². The number of carboxylic acids is 2. The monoisotopic (exact) mass is 330 g/mol. The maximum Gasteiger partial charge on any atom is 0.339 e. The molecule has 10 nitrogen and oxygen atoms in total. The van der Waals surface area contributed by atoms with Crippen molar-refractivity contribution < 1.29 is 49.7 Å². The van der Waals surface area contributed by atoms with Crippen LogP contribution >= 0.6 is 0 Å². The predicted molar refractivity (Wildman–Crippen MR) is 70.0 cm³/mol. The second-order valence-electron chi connectivity index (χ2n) is 4.81. The molecule has 0 spiro atoms. The molecule has 0 bridgehead atoms. The number of aromatic carboxylic acids is 1. The SMILES string of the molecule is O=C(O)c1cccc(OC2OC(C(=O)O)C(O)C(O)C2O)c1O. The van der Waals surface area contributed by atoms with Crippen LogP contribution in [0.5, 0.6) is 11.5 Å². The molecule has 1 aromatic carbocycles. The number of aromatic hydroxyl groups is 1. The van der Waals surface area contributed by atoms with E-state index in [4.69, 9.17) is 19.7 Å². The fourth-order valence-electron chi connectivity index (χ4n) is 2.06. The molecule has 0 aliphatic carbocycles. The van der Waals surface area contributed by atoms with E-state index >= 15 is 0 Å². The van der Waals surface area contributed by atoms with Crippen LogP contribution in [-0.4, -0.2) is 73.3 Å². The van der Waals surface area contributed by atoms with Gasteiger partial charge in [-0.05, 0) is 12.1 Å². The maximum absolute atomic E-state index is 11.0. The van der Waals surface area contributed by atoms with E-state index in [1.54, 1.807) is 0 Å². The van der Waals surface area contributed by atoms with E-state index in [0.717, 1.165) is 12.1 Å². The van der Waals surface area contributed by atoms with Crippen molar-refractivity contribution in [1.82, 2.24) is 0 Å². The Morgan fingerprint density at radius 3 is 2.26 bits per heavy atom. The van der Waals surface area contributed by atoms with Crippen LogP contribution in [-0.2, 0) is 9.53 Å². The highest BCUT2D eigenvalue weighted by molar-refractivity contribution is 5.91.